The number of amides is 2. The van der Waals surface area contributed by atoms with E-state index in [0.717, 1.165) is 10.7 Å². The number of aromatic nitrogens is 1. The highest BCUT2D eigenvalue weighted by Gasteiger charge is 2.13. The highest BCUT2D eigenvalue weighted by Crippen LogP contribution is 2.23. The van der Waals surface area contributed by atoms with Gasteiger partial charge in [0.15, 0.2) is 0 Å². The summed E-state index contributed by atoms with van der Waals surface area (Å²) in [4.78, 5) is 16.0. The number of hydrogen-bond acceptors (Lipinski definition) is 5. The van der Waals surface area contributed by atoms with Gasteiger partial charge in [0.25, 0.3) is 0 Å². The molecule has 0 unspecified atom stereocenters. The first-order valence-electron chi connectivity index (χ1n) is 6.84. The average Bonchev–Trinajstić information content (AvgIpc) is 2.96. The highest BCUT2D eigenvalue weighted by atomic mass is 32.1. The van der Waals surface area contributed by atoms with Crippen molar-refractivity contribution in [3.63, 3.8) is 0 Å². The fourth-order valence-corrected chi connectivity index (χ4v) is 2.65. The predicted octanol–water partition coefficient (Wildman–Crippen LogP) is 1.99. The normalized spacial score (nSPS) is 11.8. The second kappa shape index (κ2) is 7.77. The minimum atomic E-state index is -0.830. The van der Waals surface area contributed by atoms with E-state index in [9.17, 15) is 9.90 Å². The van der Waals surface area contributed by atoms with E-state index in [1.807, 2.05) is 24.4 Å². The Morgan fingerprint density at radius 1 is 1.41 bits per heavy atom. The van der Waals surface area contributed by atoms with Crippen LogP contribution in [0.3, 0.4) is 0 Å². The second-order valence-corrected chi connectivity index (χ2v) is 5.65. The Morgan fingerprint density at radius 3 is 2.86 bits per heavy atom. The van der Waals surface area contributed by atoms with Gasteiger partial charge in [-0.1, -0.05) is 18.2 Å². The standard InChI is InChI=1S/C15H19N3O3S/c1-10-9-22-14(18-10)8-17-15(20)16-7-12(19)11-5-3-4-6-13(11)21-2/h3-6,9,12,19H,7-8H2,1-2H3,(H2,16,17,20)/t12-/m1/s1. The van der Waals surface area contributed by atoms with Crippen LogP contribution >= 0.6 is 11.3 Å². The molecule has 0 aliphatic heterocycles. The molecule has 0 fully saturated rings. The van der Waals surface area contributed by atoms with Crippen molar-refractivity contribution in [2.24, 2.45) is 0 Å². The Morgan fingerprint density at radius 2 is 2.18 bits per heavy atom. The van der Waals surface area contributed by atoms with E-state index in [2.05, 4.69) is 15.6 Å². The molecule has 0 bridgehead atoms. The minimum Gasteiger partial charge on any atom is -0.496 e. The monoisotopic (exact) mass is 321 g/mol. The maximum absolute atomic E-state index is 11.7. The largest absolute Gasteiger partial charge is 0.496 e. The summed E-state index contributed by atoms with van der Waals surface area (Å²) in [6, 6.07) is 6.82. The molecular weight excluding hydrogens is 302 g/mol. The number of aliphatic hydroxyl groups is 1. The molecule has 22 heavy (non-hydrogen) atoms. The predicted molar refractivity (Wildman–Crippen MR) is 85.0 cm³/mol. The van der Waals surface area contributed by atoms with Crippen LogP contribution in [0.2, 0.25) is 0 Å². The van der Waals surface area contributed by atoms with Crippen molar-refractivity contribution < 1.29 is 14.6 Å². The third kappa shape index (κ3) is 4.44. The van der Waals surface area contributed by atoms with Gasteiger partial charge in [0.2, 0.25) is 0 Å². The first kappa shape index (κ1) is 16.3. The molecule has 0 radical (unpaired) electrons. The van der Waals surface area contributed by atoms with Crippen LogP contribution in [0.5, 0.6) is 5.75 Å². The van der Waals surface area contributed by atoms with E-state index >= 15 is 0 Å². The number of ether oxygens (including phenoxy) is 1. The smallest absolute Gasteiger partial charge is 0.315 e. The van der Waals surface area contributed by atoms with E-state index in [0.29, 0.717) is 17.9 Å². The zero-order valence-electron chi connectivity index (χ0n) is 12.5. The third-order valence-corrected chi connectivity index (χ3v) is 3.99. The van der Waals surface area contributed by atoms with Crippen molar-refractivity contribution in [2.45, 2.75) is 19.6 Å². The van der Waals surface area contributed by atoms with Crippen molar-refractivity contribution in [2.75, 3.05) is 13.7 Å². The number of nitrogens with zero attached hydrogens (tertiary/aromatic N) is 1. The number of hydrogen-bond donors (Lipinski definition) is 3. The van der Waals surface area contributed by atoms with Crippen LogP contribution in [0.25, 0.3) is 0 Å². The average molecular weight is 321 g/mol. The SMILES string of the molecule is COc1ccccc1[C@H](O)CNC(=O)NCc1nc(C)cs1. The van der Waals surface area contributed by atoms with Gasteiger partial charge in [-0.15, -0.1) is 11.3 Å². The molecule has 0 aliphatic rings. The van der Waals surface area contributed by atoms with Gasteiger partial charge >= 0.3 is 6.03 Å². The summed E-state index contributed by atoms with van der Waals surface area (Å²) >= 11 is 1.50. The summed E-state index contributed by atoms with van der Waals surface area (Å²) in [5.74, 6) is 0.593. The molecule has 3 N–H and O–H groups in total. The number of benzene rings is 1. The van der Waals surface area contributed by atoms with Crippen molar-refractivity contribution in [1.82, 2.24) is 15.6 Å². The fraction of sp³-hybridized carbons (Fsp3) is 0.333. The number of aliphatic hydroxyl groups excluding tert-OH is 1. The van der Waals surface area contributed by atoms with Crippen LogP contribution in [-0.4, -0.2) is 29.8 Å². The second-order valence-electron chi connectivity index (χ2n) is 4.70. The number of carbonyl (C=O) groups is 1. The molecule has 2 aromatic rings. The molecule has 0 aliphatic carbocycles. The number of thiazole rings is 1. The van der Waals surface area contributed by atoms with Gasteiger partial charge in [0.05, 0.1) is 19.8 Å². The topological polar surface area (TPSA) is 83.5 Å². The van der Waals surface area contributed by atoms with Gasteiger partial charge in [-0.25, -0.2) is 9.78 Å². The molecule has 0 saturated carbocycles. The molecule has 7 heteroatoms. The first-order chi connectivity index (χ1) is 10.6. The number of nitrogens with one attached hydrogen (secondary N) is 2. The number of aryl methyl sites for hydroxylation is 1. The number of para-hydroxylation sites is 1. The Labute approximate surface area is 133 Å². The van der Waals surface area contributed by atoms with Crippen LogP contribution in [0.4, 0.5) is 4.79 Å². The molecule has 118 valence electrons. The maximum atomic E-state index is 11.7. The van der Waals surface area contributed by atoms with Crippen molar-refractivity contribution in [1.29, 1.82) is 0 Å². The van der Waals surface area contributed by atoms with Crippen LogP contribution < -0.4 is 15.4 Å². The van der Waals surface area contributed by atoms with E-state index in [1.54, 1.807) is 19.2 Å². The minimum absolute atomic E-state index is 0.100. The molecular formula is C15H19N3O3S. The molecule has 0 spiro atoms. The summed E-state index contributed by atoms with van der Waals surface area (Å²) in [6.45, 7) is 2.38. The van der Waals surface area contributed by atoms with Gasteiger partial charge in [-0.3, -0.25) is 0 Å². The van der Waals surface area contributed by atoms with E-state index in [-0.39, 0.29) is 12.6 Å². The number of carbonyl (C=O) groups excluding carboxylic acids is 1. The lowest BCUT2D eigenvalue weighted by Gasteiger charge is -2.15. The molecule has 1 atom stereocenters. The quantitative estimate of drug-likeness (QED) is 0.760. The number of urea groups is 1. The highest BCUT2D eigenvalue weighted by molar-refractivity contribution is 7.09. The number of rotatable bonds is 6. The summed E-state index contributed by atoms with van der Waals surface area (Å²) < 4.78 is 5.19. The molecule has 2 rings (SSSR count). The summed E-state index contributed by atoms with van der Waals surface area (Å²) in [6.07, 6.45) is -0.830. The lowest BCUT2D eigenvalue weighted by molar-refractivity contribution is 0.169. The van der Waals surface area contributed by atoms with Gasteiger partial charge in [0, 0.05) is 23.2 Å². The van der Waals surface area contributed by atoms with E-state index in [1.165, 1.54) is 11.3 Å². The van der Waals surface area contributed by atoms with Gasteiger partial charge < -0.3 is 20.5 Å². The van der Waals surface area contributed by atoms with Gasteiger partial charge in [-0.05, 0) is 13.0 Å². The lowest BCUT2D eigenvalue weighted by atomic mass is 10.1. The number of methoxy groups -OCH3 is 1. The summed E-state index contributed by atoms with van der Waals surface area (Å²) in [5, 5.41) is 18.2. The molecule has 6 nitrogen and oxygen atoms in total. The maximum Gasteiger partial charge on any atom is 0.315 e. The van der Waals surface area contributed by atoms with E-state index in [4.69, 9.17) is 4.74 Å². The Bertz CT molecular complexity index is 630. The Hall–Kier alpha value is -2.12. The fourth-order valence-electron chi connectivity index (χ4n) is 1.94. The van der Waals surface area contributed by atoms with Crippen LogP contribution in [0.1, 0.15) is 22.4 Å². The van der Waals surface area contributed by atoms with Gasteiger partial charge in [0.1, 0.15) is 10.8 Å². The Kier molecular flexibility index (Phi) is 5.74. The van der Waals surface area contributed by atoms with Gasteiger partial charge in [-0.2, -0.15) is 0 Å². The lowest BCUT2D eigenvalue weighted by Crippen LogP contribution is -2.37. The van der Waals surface area contributed by atoms with Crippen molar-refractivity contribution >= 4 is 17.4 Å². The van der Waals surface area contributed by atoms with Crippen molar-refractivity contribution in [3.05, 3.63) is 45.9 Å². The van der Waals surface area contributed by atoms with Crippen LogP contribution in [0.15, 0.2) is 29.6 Å². The molecule has 1 aromatic heterocycles. The van der Waals surface area contributed by atoms with Crippen molar-refractivity contribution in [3.8, 4) is 5.75 Å². The summed E-state index contributed by atoms with van der Waals surface area (Å²) in [7, 11) is 1.54. The molecule has 1 aromatic carbocycles. The van der Waals surface area contributed by atoms with Crippen LogP contribution in [-0.2, 0) is 6.54 Å². The van der Waals surface area contributed by atoms with Crippen LogP contribution in [0, 0.1) is 6.92 Å². The molecule has 0 saturated heterocycles. The Balaban J connectivity index is 1.80. The first-order valence-corrected chi connectivity index (χ1v) is 7.71. The third-order valence-electron chi connectivity index (χ3n) is 3.02. The molecule has 1 heterocycles. The van der Waals surface area contributed by atoms with E-state index < -0.39 is 6.10 Å². The zero-order chi connectivity index (χ0) is 15.9. The summed E-state index contributed by atoms with van der Waals surface area (Å²) in [5.41, 5.74) is 1.58. The zero-order valence-corrected chi connectivity index (χ0v) is 13.3. The molecule has 2 amide bonds.